The van der Waals surface area contributed by atoms with Crippen LogP contribution >= 0.6 is 11.3 Å². The molecule has 1 unspecified atom stereocenters. The molecule has 0 aliphatic carbocycles. The fourth-order valence-electron chi connectivity index (χ4n) is 2.67. The lowest BCUT2D eigenvalue weighted by Gasteiger charge is -2.34. The molecule has 0 bridgehead atoms. The summed E-state index contributed by atoms with van der Waals surface area (Å²) in [5.74, 6) is 0. The molecule has 0 amide bonds. The van der Waals surface area contributed by atoms with E-state index in [0.29, 0.717) is 0 Å². The first-order valence-electron chi connectivity index (χ1n) is 7.21. The number of nitrogens with one attached hydrogen (secondary N) is 1. The second kappa shape index (κ2) is 7.22. The largest absolute Gasteiger partial charge is 0.311 e. The lowest BCUT2D eigenvalue weighted by molar-refractivity contribution is 0.134. The molecule has 1 fully saturated rings. The van der Waals surface area contributed by atoms with E-state index in [-0.39, 0.29) is 0 Å². The van der Waals surface area contributed by atoms with Crippen molar-refractivity contribution < 1.29 is 0 Å². The maximum atomic E-state index is 4.72. The summed E-state index contributed by atoms with van der Waals surface area (Å²) in [7, 11) is 0. The molecule has 1 N–H and O–H groups in total. The van der Waals surface area contributed by atoms with Crippen LogP contribution in [-0.2, 0) is 13.1 Å². The topological polar surface area (TPSA) is 28.2 Å². The van der Waals surface area contributed by atoms with Gasteiger partial charge in [-0.1, -0.05) is 20.3 Å². The molecule has 102 valence electrons. The Morgan fingerprint density at radius 2 is 2.33 bits per heavy atom. The summed E-state index contributed by atoms with van der Waals surface area (Å²) in [6.07, 6.45) is 5.39. The van der Waals surface area contributed by atoms with E-state index in [2.05, 4.69) is 29.4 Å². The highest BCUT2D eigenvalue weighted by molar-refractivity contribution is 7.09. The van der Waals surface area contributed by atoms with Crippen molar-refractivity contribution in [3.63, 3.8) is 0 Å². The minimum atomic E-state index is 0.776. The van der Waals surface area contributed by atoms with Gasteiger partial charge in [0.15, 0.2) is 0 Å². The molecule has 2 rings (SSSR count). The maximum Gasteiger partial charge on any atom is 0.107 e. The van der Waals surface area contributed by atoms with Crippen LogP contribution in [0, 0.1) is 0 Å². The Morgan fingerprint density at radius 1 is 1.44 bits per heavy atom. The highest BCUT2D eigenvalue weighted by atomic mass is 32.1. The zero-order valence-corrected chi connectivity index (χ0v) is 12.4. The number of piperidine rings is 1. The summed E-state index contributed by atoms with van der Waals surface area (Å²) >= 11 is 1.79. The predicted octanol–water partition coefficient (Wildman–Crippen LogP) is 3.02. The first kappa shape index (κ1) is 14.0. The summed E-state index contributed by atoms with van der Waals surface area (Å²) in [4.78, 5) is 7.35. The van der Waals surface area contributed by atoms with Crippen LogP contribution < -0.4 is 5.32 Å². The van der Waals surface area contributed by atoms with Gasteiger partial charge in [0.05, 0.1) is 5.69 Å². The van der Waals surface area contributed by atoms with Crippen LogP contribution in [0.1, 0.15) is 50.2 Å². The summed E-state index contributed by atoms with van der Waals surface area (Å²) in [6.45, 7) is 8.66. The van der Waals surface area contributed by atoms with Crippen LogP contribution in [0.5, 0.6) is 0 Å². The molecular formula is C14H25N3S. The van der Waals surface area contributed by atoms with E-state index in [1.807, 2.05) is 0 Å². The molecule has 1 atom stereocenters. The summed E-state index contributed by atoms with van der Waals surface area (Å²) in [6, 6.07) is 0.776. The number of aromatic nitrogens is 1. The van der Waals surface area contributed by atoms with Gasteiger partial charge in [-0.3, -0.25) is 4.90 Å². The minimum Gasteiger partial charge on any atom is -0.311 e. The first-order chi connectivity index (χ1) is 8.83. The SMILES string of the molecule is CCNCc1nc(CN2CCCCC2CC)cs1. The molecule has 4 heteroatoms. The molecule has 0 aromatic carbocycles. The Balaban J connectivity index is 1.89. The number of rotatable bonds is 6. The van der Waals surface area contributed by atoms with Crippen LogP contribution in [-0.4, -0.2) is 29.0 Å². The molecule has 1 aromatic heterocycles. The Labute approximate surface area is 115 Å². The highest BCUT2D eigenvalue weighted by Gasteiger charge is 2.21. The van der Waals surface area contributed by atoms with Crippen LogP contribution in [0.2, 0.25) is 0 Å². The summed E-state index contributed by atoms with van der Waals surface area (Å²) in [5.41, 5.74) is 1.26. The van der Waals surface area contributed by atoms with E-state index >= 15 is 0 Å². The zero-order valence-electron chi connectivity index (χ0n) is 11.6. The number of nitrogens with zero attached hydrogens (tertiary/aromatic N) is 2. The molecule has 3 nitrogen and oxygen atoms in total. The van der Waals surface area contributed by atoms with Gasteiger partial charge in [0.2, 0.25) is 0 Å². The number of thiazole rings is 1. The van der Waals surface area contributed by atoms with Crippen molar-refractivity contribution in [2.24, 2.45) is 0 Å². The Kier molecular flexibility index (Phi) is 5.60. The third-order valence-corrected chi connectivity index (χ3v) is 4.61. The van der Waals surface area contributed by atoms with Crippen LogP contribution in [0.3, 0.4) is 0 Å². The van der Waals surface area contributed by atoms with Crippen LogP contribution in [0.15, 0.2) is 5.38 Å². The van der Waals surface area contributed by atoms with Gasteiger partial charge in [0.25, 0.3) is 0 Å². The van der Waals surface area contributed by atoms with Gasteiger partial charge in [-0.25, -0.2) is 4.98 Å². The van der Waals surface area contributed by atoms with E-state index < -0.39 is 0 Å². The fourth-order valence-corrected chi connectivity index (χ4v) is 3.43. The van der Waals surface area contributed by atoms with Crippen molar-refractivity contribution >= 4 is 11.3 Å². The average molecular weight is 267 g/mol. The molecule has 0 radical (unpaired) electrons. The van der Waals surface area contributed by atoms with Crippen molar-refractivity contribution in [2.45, 2.75) is 58.7 Å². The normalized spacial score (nSPS) is 21.3. The molecule has 18 heavy (non-hydrogen) atoms. The molecule has 0 spiro atoms. The quantitative estimate of drug-likeness (QED) is 0.859. The van der Waals surface area contributed by atoms with Crippen molar-refractivity contribution in [1.82, 2.24) is 15.2 Å². The van der Waals surface area contributed by atoms with E-state index in [0.717, 1.165) is 25.7 Å². The lowest BCUT2D eigenvalue weighted by Crippen LogP contribution is -2.38. The van der Waals surface area contributed by atoms with Gasteiger partial charge in [0, 0.05) is 24.5 Å². The van der Waals surface area contributed by atoms with Gasteiger partial charge in [-0.15, -0.1) is 11.3 Å². The smallest absolute Gasteiger partial charge is 0.107 e. The Bertz CT molecular complexity index is 351. The monoisotopic (exact) mass is 267 g/mol. The van der Waals surface area contributed by atoms with E-state index in [9.17, 15) is 0 Å². The first-order valence-corrected chi connectivity index (χ1v) is 8.09. The van der Waals surface area contributed by atoms with Gasteiger partial charge < -0.3 is 5.32 Å². The lowest BCUT2D eigenvalue weighted by atomic mass is 10.00. The second-order valence-electron chi connectivity index (χ2n) is 5.04. The van der Waals surface area contributed by atoms with Gasteiger partial charge >= 0.3 is 0 Å². The fraction of sp³-hybridized carbons (Fsp3) is 0.786. The number of hydrogen-bond donors (Lipinski definition) is 1. The van der Waals surface area contributed by atoms with E-state index in [4.69, 9.17) is 4.98 Å². The molecule has 1 aromatic rings. The van der Waals surface area contributed by atoms with Crippen LogP contribution in [0.4, 0.5) is 0 Å². The molecule has 2 heterocycles. The van der Waals surface area contributed by atoms with E-state index in [1.165, 1.54) is 42.9 Å². The van der Waals surface area contributed by atoms with Gasteiger partial charge in [0.1, 0.15) is 5.01 Å². The molecular weight excluding hydrogens is 242 g/mol. The van der Waals surface area contributed by atoms with Crippen molar-refractivity contribution in [3.8, 4) is 0 Å². The minimum absolute atomic E-state index is 0.776. The Morgan fingerprint density at radius 3 is 3.11 bits per heavy atom. The third kappa shape index (κ3) is 3.77. The van der Waals surface area contributed by atoms with Crippen molar-refractivity contribution in [2.75, 3.05) is 13.1 Å². The number of likely N-dealkylation sites (tertiary alicyclic amines) is 1. The maximum absolute atomic E-state index is 4.72. The molecule has 1 saturated heterocycles. The third-order valence-electron chi connectivity index (χ3n) is 3.71. The highest BCUT2D eigenvalue weighted by Crippen LogP contribution is 2.22. The average Bonchev–Trinajstić information content (AvgIpc) is 2.84. The summed E-state index contributed by atoms with van der Waals surface area (Å²) < 4.78 is 0. The van der Waals surface area contributed by atoms with Gasteiger partial charge in [-0.2, -0.15) is 0 Å². The molecule has 1 aliphatic heterocycles. The second-order valence-corrected chi connectivity index (χ2v) is 5.98. The van der Waals surface area contributed by atoms with Crippen LogP contribution in [0.25, 0.3) is 0 Å². The van der Waals surface area contributed by atoms with E-state index in [1.54, 1.807) is 11.3 Å². The standard InChI is InChI=1S/C14H25N3S/c1-3-13-7-5-6-8-17(13)10-12-11-18-14(16-12)9-15-4-2/h11,13,15H,3-10H2,1-2H3. The Hall–Kier alpha value is -0.450. The van der Waals surface area contributed by atoms with Crippen molar-refractivity contribution in [1.29, 1.82) is 0 Å². The molecule has 1 aliphatic rings. The number of hydrogen-bond acceptors (Lipinski definition) is 4. The van der Waals surface area contributed by atoms with Crippen molar-refractivity contribution in [3.05, 3.63) is 16.1 Å². The summed E-state index contributed by atoms with van der Waals surface area (Å²) in [5, 5.41) is 6.79. The zero-order chi connectivity index (χ0) is 12.8. The predicted molar refractivity (Wildman–Crippen MR) is 77.8 cm³/mol. The molecule has 0 saturated carbocycles. The van der Waals surface area contributed by atoms with Gasteiger partial charge in [-0.05, 0) is 32.4 Å².